The fourth-order valence-electron chi connectivity index (χ4n) is 2.17. The lowest BCUT2D eigenvalue weighted by Crippen LogP contribution is -1.85. The molecule has 0 amide bonds. The molecule has 0 rings (SSSR count). The molecule has 0 unspecified atom stereocenters. The van der Waals surface area contributed by atoms with Crippen molar-refractivity contribution < 1.29 is 9.90 Å². The zero-order valence-corrected chi connectivity index (χ0v) is 18.8. The summed E-state index contributed by atoms with van der Waals surface area (Å²) in [6, 6.07) is 0. The predicted octanol–water partition coefficient (Wildman–Crippen LogP) is 7.83. The van der Waals surface area contributed by atoms with Crippen molar-refractivity contribution in [1.29, 1.82) is 0 Å². The van der Waals surface area contributed by atoms with Crippen LogP contribution >= 0.6 is 0 Å². The van der Waals surface area contributed by atoms with E-state index in [1.165, 1.54) is 16.7 Å². The van der Waals surface area contributed by atoms with E-state index in [-0.39, 0.29) is 0 Å². The van der Waals surface area contributed by atoms with E-state index in [0.717, 1.165) is 30.1 Å². The van der Waals surface area contributed by atoms with E-state index < -0.39 is 5.97 Å². The van der Waals surface area contributed by atoms with Crippen LogP contribution < -0.4 is 0 Å². The second-order valence-electron chi connectivity index (χ2n) is 7.34. The van der Waals surface area contributed by atoms with Crippen molar-refractivity contribution in [3.8, 4) is 0 Å². The van der Waals surface area contributed by atoms with E-state index in [2.05, 4.69) is 64.2 Å². The van der Waals surface area contributed by atoms with E-state index >= 15 is 0 Å². The van der Waals surface area contributed by atoms with Gasteiger partial charge in [-0.15, -0.1) is 0 Å². The predicted molar refractivity (Wildman–Crippen MR) is 128 cm³/mol. The molecule has 0 aromatic rings. The average molecular weight is 393 g/mol. The van der Waals surface area contributed by atoms with Crippen LogP contribution in [0.3, 0.4) is 0 Å². The largest absolute Gasteiger partial charge is 0.478 e. The number of aliphatic carboxylic acids is 1. The van der Waals surface area contributed by atoms with Gasteiger partial charge < -0.3 is 5.11 Å². The molecule has 0 saturated heterocycles. The van der Waals surface area contributed by atoms with Gasteiger partial charge in [-0.3, -0.25) is 0 Å². The summed E-state index contributed by atoms with van der Waals surface area (Å²) in [5.74, 6) is -0.938. The highest BCUT2D eigenvalue weighted by molar-refractivity contribution is 5.80. The smallest absolute Gasteiger partial charge is 0.328 e. The summed E-state index contributed by atoms with van der Waals surface area (Å²) in [6.45, 7) is 12.4. The van der Waals surface area contributed by atoms with E-state index in [9.17, 15) is 4.79 Å². The molecule has 156 valence electrons. The van der Waals surface area contributed by atoms with Gasteiger partial charge in [0, 0.05) is 6.08 Å². The number of hydrogen-bond acceptors (Lipinski definition) is 1. The molecule has 29 heavy (non-hydrogen) atoms. The molecule has 1 N–H and O–H groups in total. The molecule has 0 aliphatic rings. The van der Waals surface area contributed by atoms with E-state index in [4.69, 9.17) is 5.11 Å². The molecule has 0 spiro atoms. The second-order valence-corrected chi connectivity index (χ2v) is 7.34. The highest BCUT2D eigenvalue weighted by atomic mass is 16.4. The summed E-state index contributed by atoms with van der Waals surface area (Å²) in [5.41, 5.74) is 5.98. The van der Waals surface area contributed by atoms with Crippen molar-refractivity contribution in [3.63, 3.8) is 0 Å². The first-order valence-corrected chi connectivity index (χ1v) is 9.95. The zero-order valence-electron chi connectivity index (χ0n) is 18.8. The monoisotopic (exact) mass is 392 g/mol. The van der Waals surface area contributed by atoms with Gasteiger partial charge in [-0.05, 0) is 54.4 Å². The van der Waals surface area contributed by atoms with Crippen LogP contribution in [0.4, 0.5) is 0 Å². The van der Waals surface area contributed by atoms with Gasteiger partial charge in [0.1, 0.15) is 0 Å². The normalized spacial score (nSPS) is 14.7. The third-order valence-electron chi connectivity index (χ3n) is 3.87. The van der Waals surface area contributed by atoms with Crippen LogP contribution in [0.1, 0.15) is 54.4 Å². The quantitative estimate of drug-likeness (QED) is 0.221. The molecule has 0 saturated carbocycles. The molecule has 0 fully saturated rings. The van der Waals surface area contributed by atoms with Crippen molar-refractivity contribution in [3.05, 3.63) is 107 Å². The van der Waals surface area contributed by atoms with Crippen LogP contribution in [-0.4, -0.2) is 11.1 Å². The van der Waals surface area contributed by atoms with Crippen LogP contribution in [0.5, 0.6) is 0 Å². The van der Waals surface area contributed by atoms with Crippen LogP contribution in [0, 0.1) is 0 Å². The average Bonchev–Trinajstić information content (AvgIpc) is 2.63. The fourth-order valence-corrected chi connectivity index (χ4v) is 2.17. The Morgan fingerprint density at radius 1 is 0.655 bits per heavy atom. The minimum absolute atomic E-state index is 0.886. The lowest BCUT2D eigenvalue weighted by Gasteiger charge is -1.96. The maximum atomic E-state index is 10.5. The SMILES string of the molecule is CC(C)=CCCC(C)=CC=CC(C)=CC=CC(C)=CC=CC=C(C)C=CC(=O)O. The number of carboxylic acid groups (broad SMARTS) is 1. The molecule has 0 aliphatic heterocycles. The summed E-state index contributed by atoms with van der Waals surface area (Å²) in [6.07, 6.45) is 27.5. The van der Waals surface area contributed by atoms with Crippen LogP contribution in [0.2, 0.25) is 0 Å². The Kier molecular flexibility index (Phi) is 14.5. The first-order chi connectivity index (χ1) is 13.7. The fraction of sp³-hybridized carbons (Fsp3) is 0.296. The second kappa shape index (κ2) is 16.1. The highest BCUT2D eigenvalue weighted by Gasteiger charge is 1.87. The van der Waals surface area contributed by atoms with Crippen molar-refractivity contribution >= 4 is 5.97 Å². The molecular weight excluding hydrogens is 356 g/mol. The Morgan fingerprint density at radius 3 is 1.66 bits per heavy atom. The summed E-state index contributed by atoms with van der Waals surface area (Å²) >= 11 is 0. The van der Waals surface area contributed by atoms with Gasteiger partial charge >= 0.3 is 5.97 Å². The van der Waals surface area contributed by atoms with E-state index in [0.29, 0.717) is 0 Å². The van der Waals surface area contributed by atoms with Crippen molar-refractivity contribution in [1.82, 2.24) is 0 Å². The maximum absolute atomic E-state index is 10.5. The van der Waals surface area contributed by atoms with Crippen LogP contribution in [0.15, 0.2) is 107 Å². The molecule has 0 radical (unpaired) electrons. The summed E-state index contributed by atoms with van der Waals surface area (Å²) in [5, 5.41) is 8.59. The first kappa shape index (κ1) is 26.1. The van der Waals surface area contributed by atoms with Crippen LogP contribution in [-0.2, 0) is 4.79 Å². The van der Waals surface area contributed by atoms with Gasteiger partial charge in [-0.2, -0.15) is 0 Å². The number of rotatable bonds is 11. The molecule has 0 heterocycles. The van der Waals surface area contributed by atoms with Gasteiger partial charge in [-0.25, -0.2) is 4.79 Å². The van der Waals surface area contributed by atoms with Gasteiger partial charge in [0.2, 0.25) is 0 Å². The number of carbonyl (C=O) groups is 1. The van der Waals surface area contributed by atoms with E-state index in [1.54, 1.807) is 6.08 Å². The third kappa shape index (κ3) is 18.3. The molecule has 0 aromatic heterocycles. The molecule has 2 nitrogen and oxygen atoms in total. The van der Waals surface area contributed by atoms with Crippen molar-refractivity contribution in [2.45, 2.75) is 54.4 Å². The number of hydrogen-bond donors (Lipinski definition) is 1. The number of allylic oxidation sites excluding steroid dienone is 17. The topological polar surface area (TPSA) is 37.3 Å². The Hall–Kier alpha value is -2.87. The standard InChI is InChI=1S/C27H36O2/c1-22(2)12-9-15-24(4)17-11-19-25(5)18-10-16-23(3)13-7-8-14-26(6)20-21-27(28)29/h7-8,10-14,16-21H,9,15H2,1-6H3,(H,28,29). The van der Waals surface area contributed by atoms with Gasteiger partial charge in [-0.1, -0.05) is 101 Å². The maximum Gasteiger partial charge on any atom is 0.328 e. The molecule has 2 heteroatoms. The first-order valence-electron chi connectivity index (χ1n) is 9.95. The Morgan fingerprint density at radius 2 is 1.14 bits per heavy atom. The Balaban J connectivity index is 4.58. The Bertz CT molecular complexity index is 784. The molecular formula is C27H36O2. The molecule has 0 aliphatic carbocycles. The summed E-state index contributed by atoms with van der Waals surface area (Å²) in [4.78, 5) is 10.5. The van der Waals surface area contributed by atoms with Crippen molar-refractivity contribution in [2.75, 3.05) is 0 Å². The van der Waals surface area contributed by atoms with E-state index in [1.807, 2.05) is 44.2 Å². The highest BCUT2D eigenvalue weighted by Crippen LogP contribution is 2.07. The van der Waals surface area contributed by atoms with Gasteiger partial charge in [0.15, 0.2) is 0 Å². The lowest BCUT2D eigenvalue weighted by atomic mass is 10.1. The van der Waals surface area contributed by atoms with Crippen molar-refractivity contribution in [2.24, 2.45) is 0 Å². The minimum Gasteiger partial charge on any atom is -0.478 e. The minimum atomic E-state index is -0.938. The summed E-state index contributed by atoms with van der Waals surface area (Å²) < 4.78 is 0. The molecule has 0 atom stereocenters. The van der Waals surface area contributed by atoms with Gasteiger partial charge in [0.25, 0.3) is 0 Å². The Labute approximate surface area is 177 Å². The lowest BCUT2D eigenvalue weighted by molar-refractivity contribution is -0.131. The molecule has 0 bridgehead atoms. The summed E-state index contributed by atoms with van der Waals surface area (Å²) in [7, 11) is 0. The van der Waals surface area contributed by atoms with Crippen LogP contribution in [0.25, 0.3) is 0 Å². The van der Waals surface area contributed by atoms with Gasteiger partial charge in [0.05, 0.1) is 0 Å². The third-order valence-corrected chi connectivity index (χ3v) is 3.87. The molecule has 0 aromatic carbocycles. The number of carboxylic acids is 1. The zero-order chi connectivity index (χ0) is 22.1.